The lowest BCUT2D eigenvalue weighted by Crippen LogP contribution is -2.48. The van der Waals surface area contributed by atoms with Crippen molar-refractivity contribution in [3.63, 3.8) is 0 Å². The highest BCUT2D eigenvalue weighted by atomic mass is 19.1. The molecule has 4 aliphatic rings. The van der Waals surface area contributed by atoms with E-state index in [4.69, 9.17) is 0 Å². The highest BCUT2D eigenvalue weighted by Crippen LogP contribution is 2.65. The Morgan fingerprint density at radius 2 is 1.62 bits per heavy atom. The van der Waals surface area contributed by atoms with Gasteiger partial charge in [-0.1, -0.05) is 20.8 Å². The first-order chi connectivity index (χ1) is 12.7. The van der Waals surface area contributed by atoms with Gasteiger partial charge in [-0.05, 0) is 117 Å². The molecule has 26 heavy (non-hydrogen) atoms. The van der Waals surface area contributed by atoms with E-state index in [1.807, 2.05) is 13.8 Å². The summed E-state index contributed by atoms with van der Waals surface area (Å²) in [5, 5.41) is 0. The fourth-order valence-electron chi connectivity index (χ4n) is 8.00. The van der Waals surface area contributed by atoms with E-state index in [2.05, 4.69) is 6.92 Å². The Bertz CT molecular complexity index is 436. The van der Waals surface area contributed by atoms with Crippen molar-refractivity contribution in [1.82, 2.24) is 0 Å². The zero-order valence-corrected chi connectivity index (χ0v) is 17.5. The van der Waals surface area contributed by atoms with E-state index in [0.717, 1.165) is 54.8 Å². The molecule has 4 saturated carbocycles. The van der Waals surface area contributed by atoms with Crippen LogP contribution in [0.1, 0.15) is 91.4 Å². The summed E-state index contributed by atoms with van der Waals surface area (Å²) in [6.45, 7) is 6.33. The van der Waals surface area contributed by atoms with Crippen LogP contribution in [0.4, 0.5) is 8.78 Å². The predicted octanol–water partition coefficient (Wildman–Crippen LogP) is 7.62. The molecule has 4 unspecified atom stereocenters. The number of halogens is 2. The Morgan fingerprint density at radius 3 is 2.35 bits per heavy atom. The molecule has 0 bridgehead atoms. The smallest absolute Gasteiger partial charge is 0.0922 e. The standard InChI is InChI=1S/C22H36F2.C2H6/c1-22-11-10-19-18-7-4-15(14-24)13-16(18)5-8-20(19)21(22)9-6-17(22)3-2-12-23;1-2/h15-21H,2-14H2,1H3;1-2H3/t15-,16+,17?,18?,19?,20+,21?,22+;/m0./s1. The third-order valence-electron chi connectivity index (χ3n) is 9.16. The molecule has 0 heterocycles. The molecule has 4 rings (SSSR count). The Hall–Kier alpha value is -0.140. The molecule has 0 aromatic carbocycles. The molecular formula is C24H42F2. The van der Waals surface area contributed by atoms with Gasteiger partial charge in [0.1, 0.15) is 0 Å². The van der Waals surface area contributed by atoms with Crippen molar-refractivity contribution in [2.45, 2.75) is 91.4 Å². The van der Waals surface area contributed by atoms with Gasteiger partial charge in [-0.3, -0.25) is 8.78 Å². The van der Waals surface area contributed by atoms with Crippen LogP contribution < -0.4 is 0 Å². The van der Waals surface area contributed by atoms with E-state index in [9.17, 15) is 8.78 Å². The first-order valence-electron chi connectivity index (χ1n) is 11.8. The van der Waals surface area contributed by atoms with Crippen molar-refractivity contribution < 1.29 is 8.78 Å². The maximum absolute atomic E-state index is 13.1. The van der Waals surface area contributed by atoms with Gasteiger partial charge in [0.15, 0.2) is 0 Å². The summed E-state index contributed by atoms with van der Waals surface area (Å²) >= 11 is 0. The van der Waals surface area contributed by atoms with Gasteiger partial charge in [0.2, 0.25) is 0 Å². The van der Waals surface area contributed by atoms with Gasteiger partial charge in [0, 0.05) is 0 Å². The van der Waals surface area contributed by atoms with Crippen molar-refractivity contribution in [3.05, 3.63) is 0 Å². The summed E-state index contributed by atoms with van der Waals surface area (Å²) in [5.74, 6) is 5.65. The molecule has 0 saturated heterocycles. The van der Waals surface area contributed by atoms with E-state index in [-0.39, 0.29) is 13.3 Å². The van der Waals surface area contributed by atoms with E-state index in [1.54, 1.807) is 0 Å². The topological polar surface area (TPSA) is 0 Å². The third-order valence-corrected chi connectivity index (χ3v) is 9.16. The SMILES string of the molecule is CC.C[C@]12CCC3C4CC[C@H](CF)C[C@H]4CC[C@H]3C1CCC2CCCF. The third kappa shape index (κ3) is 3.60. The summed E-state index contributed by atoms with van der Waals surface area (Å²) in [6.07, 6.45) is 13.8. The molecule has 8 atom stereocenters. The van der Waals surface area contributed by atoms with Crippen LogP contribution in [-0.2, 0) is 0 Å². The molecule has 0 amide bonds. The molecule has 152 valence electrons. The summed E-state index contributed by atoms with van der Waals surface area (Å²) in [5.41, 5.74) is 0.499. The molecule has 4 fully saturated rings. The van der Waals surface area contributed by atoms with E-state index < -0.39 is 0 Å². The summed E-state index contributed by atoms with van der Waals surface area (Å²) in [4.78, 5) is 0. The van der Waals surface area contributed by atoms with Gasteiger partial charge < -0.3 is 0 Å². The molecule has 0 radical (unpaired) electrons. The Labute approximate surface area is 160 Å². The first-order valence-corrected chi connectivity index (χ1v) is 11.8. The summed E-state index contributed by atoms with van der Waals surface area (Å²) in [6, 6.07) is 0. The molecule has 0 aliphatic heterocycles. The van der Waals surface area contributed by atoms with Crippen LogP contribution in [-0.4, -0.2) is 13.3 Å². The van der Waals surface area contributed by atoms with E-state index in [0.29, 0.717) is 11.3 Å². The second kappa shape index (κ2) is 8.91. The van der Waals surface area contributed by atoms with Crippen molar-refractivity contribution in [3.8, 4) is 0 Å². The normalized spacial score (nSPS) is 47.2. The lowest BCUT2D eigenvalue weighted by Gasteiger charge is -2.56. The van der Waals surface area contributed by atoms with Crippen molar-refractivity contribution >= 4 is 0 Å². The average Bonchev–Trinajstić information content (AvgIpc) is 3.03. The monoisotopic (exact) mass is 368 g/mol. The molecule has 0 spiro atoms. The van der Waals surface area contributed by atoms with Gasteiger partial charge in [-0.2, -0.15) is 0 Å². The van der Waals surface area contributed by atoms with Crippen LogP contribution in [0, 0.1) is 46.8 Å². The fourth-order valence-corrected chi connectivity index (χ4v) is 8.00. The van der Waals surface area contributed by atoms with Crippen LogP contribution in [0.3, 0.4) is 0 Å². The quantitative estimate of drug-likeness (QED) is 0.479. The lowest BCUT2D eigenvalue weighted by molar-refractivity contribution is -0.0699. The lowest BCUT2D eigenvalue weighted by atomic mass is 9.49. The van der Waals surface area contributed by atoms with Crippen molar-refractivity contribution in [2.24, 2.45) is 46.8 Å². The van der Waals surface area contributed by atoms with Gasteiger partial charge in [0.25, 0.3) is 0 Å². The van der Waals surface area contributed by atoms with E-state index in [1.165, 1.54) is 51.4 Å². The van der Waals surface area contributed by atoms with Crippen LogP contribution in [0.15, 0.2) is 0 Å². The second-order valence-electron chi connectivity index (χ2n) is 9.92. The van der Waals surface area contributed by atoms with Crippen molar-refractivity contribution in [2.75, 3.05) is 13.3 Å². The maximum atomic E-state index is 13.1. The molecular weight excluding hydrogens is 326 g/mol. The van der Waals surface area contributed by atoms with Crippen LogP contribution in [0.2, 0.25) is 0 Å². The van der Waals surface area contributed by atoms with Gasteiger partial charge in [-0.25, -0.2) is 0 Å². The number of hydrogen-bond acceptors (Lipinski definition) is 0. The van der Waals surface area contributed by atoms with Gasteiger partial charge in [0.05, 0.1) is 13.3 Å². The Morgan fingerprint density at radius 1 is 0.846 bits per heavy atom. The van der Waals surface area contributed by atoms with Crippen LogP contribution in [0.25, 0.3) is 0 Å². The highest BCUT2D eigenvalue weighted by molar-refractivity contribution is 5.05. The molecule has 2 heteroatoms. The predicted molar refractivity (Wildman–Crippen MR) is 107 cm³/mol. The minimum absolute atomic E-state index is 0.0890. The molecule has 0 nitrogen and oxygen atoms in total. The number of rotatable bonds is 4. The minimum atomic E-state index is -0.136. The number of alkyl halides is 2. The highest BCUT2D eigenvalue weighted by Gasteiger charge is 2.56. The molecule has 4 aliphatic carbocycles. The molecule has 0 aromatic rings. The summed E-state index contributed by atoms with van der Waals surface area (Å²) < 4.78 is 25.8. The van der Waals surface area contributed by atoms with Crippen LogP contribution >= 0.6 is 0 Å². The van der Waals surface area contributed by atoms with Crippen molar-refractivity contribution in [1.29, 1.82) is 0 Å². The minimum Gasteiger partial charge on any atom is -0.251 e. The average molecular weight is 369 g/mol. The zero-order valence-electron chi connectivity index (χ0n) is 17.5. The fraction of sp³-hybridized carbons (Fsp3) is 1.00. The second-order valence-corrected chi connectivity index (χ2v) is 9.92. The first kappa shape index (κ1) is 20.6. The Balaban J connectivity index is 0.000000948. The number of fused-ring (bicyclic) bond motifs is 5. The largest absolute Gasteiger partial charge is 0.251 e. The summed E-state index contributed by atoms with van der Waals surface area (Å²) in [7, 11) is 0. The maximum Gasteiger partial charge on any atom is 0.0922 e. The zero-order chi connectivity index (χ0) is 18.7. The van der Waals surface area contributed by atoms with E-state index >= 15 is 0 Å². The van der Waals surface area contributed by atoms with Gasteiger partial charge in [-0.15, -0.1) is 0 Å². The van der Waals surface area contributed by atoms with Gasteiger partial charge >= 0.3 is 0 Å². The molecule has 0 aromatic heterocycles. The Kier molecular flexibility index (Phi) is 7.05. The molecule has 0 N–H and O–H groups in total. The van der Waals surface area contributed by atoms with Crippen LogP contribution in [0.5, 0.6) is 0 Å². The number of hydrogen-bond donors (Lipinski definition) is 0.